The van der Waals surface area contributed by atoms with Crippen molar-refractivity contribution in [1.82, 2.24) is 5.32 Å². The number of aliphatic imine (C=N–C) groups is 1. The number of hydrogen-bond donors (Lipinski definition) is 1. The zero-order valence-electron chi connectivity index (χ0n) is 11.3. The highest BCUT2D eigenvalue weighted by Crippen LogP contribution is 2.28. The van der Waals surface area contributed by atoms with E-state index in [9.17, 15) is 0 Å². The summed E-state index contributed by atoms with van der Waals surface area (Å²) in [6, 6.07) is 6.14. The van der Waals surface area contributed by atoms with Crippen molar-refractivity contribution in [2.45, 2.75) is 32.9 Å². The molecule has 5 heteroatoms. The molecular formula is C14H18Cl2N2S. The van der Waals surface area contributed by atoms with E-state index in [-0.39, 0.29) is 6.04 Å². The van der Waals surface area contributed by atoms with Crippen molar-refractivity contribution >= 4 is 40.1 Å². The van der Waals surface area contributed by atoms with Gasteiger partial charge < -0.3 is 5.32 Å². The minimum Gasteiger partial charge on any atom is -0.358 e. The van der Waals surface area contributed by atoms with Crippen molar-refractivity contribution < 1.29 is 0 Å². The molecule has 19 heavy (non-hydrogen) atoms. The summed E-state index contributed by atoms with van der Waals surface area (Å²) in [5, 5.41) is 5.79. The Balaban J connectivity index is 2.05. The Bertz CT molecular complexity index is 488. The van der Waals surface area contributed by atoms with Crippen molar-refractivity contribution in [2.75, 3.05) is 5.75 Å². The van der Waals surface area contributed by atoms with Crippen LogP contribution in [-0.4, -0.2) is 17.0 Å². The first kappa shape index (κ1) is 15.0. The van der Waals surface area contributed by atoms with Crippen LogP contribution in [0, 0.1) is 5.92 Å². The van der Waals surface area contributed by atoms with E-state index in [0.717, 1.165) is 16.5 Å². The molecule has 104 valence electrons. The zero-order valence-corrected chi connectivity index (χ0v) is 13.6. The quantitative estimate of drug-likeness (QED) is 0.868. The van der Waals surface area contributed by atoms with Gasteiger partial charge in [0.2, 0.25) is 0 Å². The van der Waals surface area contributed by atoms with Crippen LogP contribution in [0.25, 0.3) is 0 Å². The van der Waals surface area contributed by atoms with Gasteiger partial charge >= 0.3 is 0 Å². The highest BCUT2D eigenvalue weighted by atomic mass is 35.5. The van der Waals surface area contributed by atoms with Gasteiger partial charge in [0.1, 0.15) is 0 Å². The number of halogens is 2. The third kappa shape index (κ3) is 3.80. The van der Waals surface area contributed by atoms with Gasteiger partial charge in [-0.2, -0.15) is 0 Å². The largest absolute Gasteiger partial charge is 0.358 e. The van der Waals surface area contributed by atoms with Gasteiger partial charge in [0.05, 0.1) is 12.1 Å². The fraction of sp³-hybridized carbons (Fsp3) is 0.500. The minimum atomic E-state index is 0.127. The van der Waals surface area contributed by atoms with Crippen molar-refractivity contribution in [2.24, 2.45) is 10.9 Å². The first-order valence-electron chi connectivity index (χ1n) is 6.39. The molecule has 1 unspecified atom stereocenters. The van der Waals surface area contributed by atoms with Crippen LogP contribution >= 0.6 is 35.0 Å². The second kappa shape index (κ2) is 6.38. The molecule has 1 aliphatic heterocycles. The third-order valence-electron chi connectivity index (χ3n) is 3.21. The average molecular weight is 317 g/mol. The zero-order chi connectivity index (χ0) is 14.0. The summed E-state index contributed by atoms with van der Waals surface area (Å²) in [6.45, 7) is 6.50. The molecule has 1 aliphatic rings. The van der Waals surface area contributed by atoms with Crippen LogP contribution in [0.5, 0.6) is 0 Å². The molecule has 2 rings (SSSR count). The van der Waals surface area contributed by atoms with Gasteiger partial charge in [0.25, 0.3) is 0 Å². The number of thioether (sulfide) groups is 1. The van der Waals surface area contributed by atoms with Crippen LogP contribution in [-0.2, 0) is 0 Å². The Labute approximate surface area is 129 Å². The smallest absolute Gasteiger partial charge is 0.157 e. The lowest BCUT2D eigenvalue weighted by Gasteiger charge is -2.16. The summed E-state index contributed by atoms with van der Waals surface area (Å²) in [6.07, 6.45) is 0. The maximum atomic E-state index is 6.22. The van der Waals surface area contributed by atoms with Crippen LogP contribution in [0.15, 0.2) is 23.2 Å². The lowest BCUT2D eigenvalue weighted by Crippen LogP contribution is -2.23. The number of nitrogens with zero attached hydrogens (tertiary/aromatic N) is 1. The summed E-state index contributed by atoms with van der Waals surface area (Å²) < 4.78 is 0. The number of hydrogen-bond acceptors (Lipinski definition) is 3. The van der Waals surface area contributed by atoms with Gasteiger partial charge in [-0.05, 0) is 30.5 Å². The molecule has 0 aromatic heterocycles. The maximum absolute atomic E-state index is 6.22. The van der Waals surface area contributed by atoms with Crippen LogP contribution in [0.1, 0.15) is 32.4 Å². The number of rotatable bonds is 3. The molecule has 1 heterocycles. The van der Waals surface area contributed by atoms with Crippen LogP contribution in [0.4, 0.5) is 0 Å². The Hall–Kier alpha value is -0.380. The van der Waals surface area contributed by atoms with Crippen molar-refractivity contribution in [3.8, 4) is 0 Å². The SMILES string of the molecule is CC(NC1=N[C@@H](C(C)C)CS1)c1ccc(Cl)cc1Cl. The number of amidine groups is 1. The predicted octanol–water partition coefficient (Wildman–Crippen LogP) is 4.77. The second-order valence-electron chi connectivity index (χ2n) is 5.09. The summed E-state index contributed by atoms with van der Waals surface area (Å²) in [5.41, 5.74) is 1.04. The van der Waals surface area contributed by atoms with E-state index in [1.54, 1.807) is 17.8 Å². The average Bonchev–Trinajstić information content (AvgIpc) is 2.77. The van der Waals surface area contributed by atoms with E-state index in [4.69, 9.17) is 28.2 Å². The number of benzene rings is 1. The van der Waals surface area contributed by atoms with Crippen LogP contribution in [0.2, 0.25) is 10.0 Å². The number of nitrogens with one attached hydrogen (secondary N) is 1. The van der Waals surface area contributed by atoms with Crippen molar-refractivity contribution in [1.29, 1.82) is 0 Å². The molecule has 0 saturated carbocycles. The van der Waals surface area contributed by atoms with E-state index in [0.29, 0.717) is 22.0 Å². The topological polar surface area (TPSA) is 24.4 Å². The third-order valence-corrected chi connectivity index (χ3v) is 4.78. The first-order chi connectivity index (χ1) is 8.97. The van der Waals surface area contributed by atoms with Crippen LogP contribution in [0.3, 0.4) is 0 Å². The van der Waals surface area contributed by atoms with E-state index >= 15 is 0 Å². The summed E-state index contributed by atoms with van der Waals surface area (Å²) in [4.78, 5) is 4.70. The Morgan fingerprint density at radius 2 is 2.05 bits per heavy atom. The highest BCUT2D eigenvalue weighted by molar-refractivity contribution is 8.14. The molecule has 0 saturated heterocycles. The van der Waals surface area contributed by atoms with Gasteiger partial charge in [-0.1, -0.05) is 54.9 Å². The molecule has 1 aromatic rings. The van der Waals surface area contributed by atoms with Crippen LogP contribution < -0.4 is 5.32 Å². The molecule has 0 amide bonds. The fourth-order valence-corrected chi connectivity index (χ4v) is 3.76. The Morgan fingerprint density at radius 3 is 2.63 bits per heavy atom. The molecule has 0 fully saturated rings. The molecule has 1 N–H and O–H groups in total. The molecule has 0 bridgehead atoms. The predicted molar refractivity (Wildman–Crippen MR) is 86.5 cm³/mol. The Kier molecular flexibility index (Phi) is 5.04. The first-order valence-corrected chi connectivity index (χ1v) is 8.13. The van der Waals surface area contributed by atoms with Gasteiger partial charge in [0.15, 0.2) is 5.17 Å². The van der Waals surface area contributed by atoms with E-state index < -0.39 is 0 Å². The normalized spacial score (nSPS) is 20.5. The summed E-state index contributed by atoms with van der Waals surface area (Å²) in [5.74, 6) is 1.64. The van der Waals surface area contributed by atoms with Gasteiger partial charge in [-0.15, -0.1) is 0 Å². The second-order valence-corrected chi connectivity index (χ2v) is 6.94. The monoisotopic (exact) mass is 316 g/mol. The summed E-state index contributed by atoms with van der Waals surface area (Å²) >= 11 is 13.9. The molecule has 2 nitrogen and oxygen atoms in total. The molecular weight excluding hydrogens is 299 g/mol. The van der Waals surface area contributed by atoms with Gasteiger partial charge in [-0.25, -0.2) is 0 Å². The summed E-state index contributed by atoms with van der Waals surface area (Å²) in [7, 11) is 0. The standard InChI is InChI=1S/C14H18Cl2N2S/c1-8(2)13-7-19-14(18-13)17-9(3)11-5-4-10(15)6-12(11)16/h4-6,8-9,13H,7H2,1-3H3,(H,17,18)/t9?,13-/m1/s1. The maximum Gasteiger partial charge on any atom is 0.157 e. The molecule has 0 aliphatic carbocycles. The molecule has 1 aromatic carbocycles. The molecule has 0 spiro atoms. The minimum absolute atomic E-state index is 0.127. The van der Waals surface area contributed by atoms with E-state index in [1.807, 2.05) is 12.1 Å². The van der Waals surface area contributed by atoms with Crippen molar-refractivity contribution in [3.63, 3.8) is 0 Å². The van der Waals surface area contributed by atoms with E-state index in [1.165, 1.54) is 0 Å². The van der Waals surface area contributed by atoms with Gasteiger partial charge in [0, 0.05) is 15.8 Å². The van der Waals surface area contributed by atoms with Crippen molar-refractivity contribution in [3.05, 3.63) is 33.8 Å². The van der Waals surface area contributed by atoms with Gasteiger partial charge in [-0.3, -0.25) is 4.99 Å². The Morgan fingerprint density at radius 1 is 1.32 bits per heavy atom. The lowest BCUT2D eigenvalue weighted by atomic mass is 10.1. The fourth-order valence-electron chi connectivity index (χ4n) is 1.93. The molecule has 2 atom stereocenters. The highest BCUT2D eigenvalue weighted by Gasteiger charge is 2.22. The van der Waals surface area contributed by atoms with E-state index in [2.05, 4.69) is 26.1 Å². The molecule has 0 radical (unpaired) electrons. The lowest BCUT2D eigenvalue weighted by molar-refractivity contribution is 0.541.